The van der Waals surface area contributed by atoms with Crippen molar-refractivity contribution in [1.29, 1.82) is 0 Å². The molecule has 0 radical (unpaired) electrons. The standard InChI is InChI=1S/C22H19N3O5S/c1-28-13-8-9-18(29-2)14(10-13)17-12-31-22-23-11-15(21(27)25(17)22)20(26)24-16-6-4-5-7-19(16)30-3/h4-12H,1-3H3,(H,24,26). The van der Waals surface area contributed by atoms with E-state index in [0.29, 0.717) is 39.2 Å². The predicted octanol–water partition coefficient (Wildman–Crippen LogP) is 3.70. The molecule has 2 aromatic heterocycles. The second-order valence-electron chi connectivity index (χ2n) is 6.44. The first-order chi connectivity index (χ1) is 15.1. The van der Waals surface area contributed by atoms with Crippen LogP contribution >= 0.6 is 11.3 Å². The highest BCUT2D eigenvalue weighted by molar-refractivity contribution is 7.15. The summed E-state index contributed by atoms with van der Waals surface area (Å²) in [7, 11) is 4.62. The highest BCUT2D eigenvalue weighted by Gasteiger charge is 2.20. The van der Waals surface area contributed by atoms with Gasteiger partial charge in [0.25, 0.3) is 11.5 Å². The van der Waals surface area contributed by atoms with E-state index in [1.54, 1.807) is 62.1 Å². The molecule has 0 saturated carbocycles. The lowest BCUT2D eigenvalue weighted by Crippen LogP contribution is -2.26. The minimum absolute atomic E-state index is 0.0927. The molecule has 2 heterocycles. The van der Waals surface area contributed by atoms with Gasteiger partial charge in [-0.25, -0.2) is 4.98 Å². The fourth-order valence-electron chi connectivity index (χ4n) is 3.19. The Balaban J connectivity index is 1.82. The number of carbonyl (C=O) groups is 1. The SMILES string of the molecule is COc1ccc(OC)c(-c2csc3ncc(C(=O)Nc4ccccc4OC)c(=O)n23)c1. The normalized spacial score (nSPS) is 10.7. The number of para-hydroxylation sites is 2. The molecule has 0 fully saturated rings. The van der Waals surface area contributed by atoms with E-state index >= 15 is 0 Å². The van der Waals surface area contributed by atoms with Gasteiger partial charge in [-0.2, -0.15) is 0 Å². The predicted molar refractivity (Wildman–Crippen MR) is 119 cm³/mol. The largest absolute Gasteiger partial charge is 0.497 e. The zero-order chi connectivity index (χ0) is 22.0. The van der Waals surface area contributed by atoms with Crippen LogP contribution in [-0.4, -0.2) is 36.6 Å². The minimum atomic E-state index is -0.578. The lowest BCUT2D eigenvalue weighted by Gasteiger charge is -2.11. The van der Waals surface area contributed by atoms with E-state index in [-0.39, 0.29) is 5.56 Å². The fraction of sp³-hybridized carbons (Fsp3) is 0.136. The van der Waals surface area contributed by atoms with E-state index in [1.165, 1.54) is 29.0 Å². The van der Waals surface area contributed by atoms with E-state index in [9.17, 15) is 9.59 Å². The molecule has 0 aliphatic rings. The monoisotopic (exact) mass is 437 g/mol. The molecule has 0 spiro atoms. The van der Waals surface area contributed by atoms with Gasteiger partial charge < -0.3 is 19.5 Å². The summed E-state index contributed by atoms with van der Waals surface area (Å²) in [6.07, 6.45) is 1.28. The molecule has 4 rings (SSSR count). The summed E-state index contributed by atoms with van der Waals surface area (Å²) in [5, 5.41) is 4.51. The summed E-state index contributed by atoms with van der Waals surface area (Å²) in [4.78, 5) is 30.9. The van der Waals surface area contributed by atoms with E-state index in [4.69, 9.17) is 14.2 Å². The number of benzene rings is 2. The van der Waals surface area contributed by atoms with Gasteiger partial charge in [0.05, 0.1) is 32.7 Å². The highest BCUT2D eigenvalue weighted by atomic mass is 32.1. The van der Waals surface area contributed by atoms with E-state index in [1.807, 2.05) is 0 Å². The number of ether oxygens (including phenoxy) is 3. The first kappa shape index (κ1) is 20.4. The first-order valence-corrected chi connectivity index (χ1v) is 10.1. The number of hydrogen-bond acceptors (Lipinski definition) is 7. The third kappa shape index (κ3) is 3.71. The van der Waals surface area contributed by atoms with Crippen LogP contribution in [0, 0.1) is 0 Å². The highest BCUT2D eigenvalue weighted by Crippen LogP contribution is 2.35. The Labute approximate surface area is 181 Å². The molecule has 0 bridgehead atoms. The first-order valence-electron chi connectivity index (χ1n) is 9.23. The zero-order valence-electron chi connectivity index (χ0n) is 17.0. The van der Waals surface area contributed by atoms with E-state index in [2.05, 4.69) is 10.3 Å². The lowest BCUT2D eigenvalue weighted by atomic mass is 10.1. The van der Waals surface area contributed by atoms with Crippen LogP contribution in [0.5, 0.6) is 17.2 Å². The molecular weight excluding hydrogens is 418 g/mol. The van der Waals surface area contributed by atoms with Crippen molar-refractivity contribution in [1.82, 2.24) is 9.38 Å². The molecule has 0 saturated heterocycles. The van der Waals surface area contributed by atoms with Gasteiger partial charge in [-0.15, -0.1) is 11.3 Å². The summed E-state index contributed by atoms with van der Waals surface area (Å²) in [6, 6.07) is 12.3. The number of amides is 1. The number of methoxy groups -OCH3 is 3. The average molecular weight is 437 g/mol. The molecule has 31 heavy (non-hydrogen) atoms. The van der Waals surface area contributed by atoms with Gasteiger partial charge >= 0.3 is 0 Å². The van der Waals surface area contributed by atoms with Crippen LogP contribution in [0.1, 0.15) is 10.4 Å². The van der Waals surface area contributed by atoms with Crippen LogP contribution in [0.15, 0.2) is 58.8 Å². The van der Waals surface area contributed by atoms with Gasteiger partial charge in [-0.05, 0) is 30.3 Å². The number of aromatic nitrogens is 2. The molecule has 158 valence electrons. The van der Waals surface area contributed by atoms with Crippen molar-refractivity contribution in [3.8, 4) is 28.5 Å². The van der Waals surface area contributed by atoms with Gasteiger partial charge in [-0.3, -0.25) is 14.0 Å². The number of carbonyl (C=O) groups excluding carboxylic acids is 1. The minimum Gasteiger partial charge on any atom is -0.497 e. The fourth-order valence-corrected chi connectivity index (χ4v) is 4.04. The van der Waals surface area contributed by atoms with Crippen molar-refractivity contribution >= 4 is 27.9 Å². The maximum absolute atomic E-state index is 13.3. The molecule has 8 nitrogen and oxygen atoms in total. The van der Waals surface area contributed by atoms with Crippen molar-refractivity contribution in [2.45, 2.75) is 0 Å². The number of rotatable bonds is 6. The second kappa shape index (κ2) is 8.49. The summed E-state index contributed by atoms with van der Waals surface area (Å²) in [6.45, 7) is 0. The number of anilines is 1. The van der Waals surface area contributed by atoms with Crippen molar-refractivity contribution in [2.24, 2.45) is 0 Å². The van der Waals surface area contributed by atoms with Crippen LogP contribution in [-0.2, 0) is 0 Å². The molecule has 1 N–H and O–H groups in total. The second-order valence-corrected chi connectivity index (χ2v) is 7.27. The molecule has 1 amide bonds. The van der Waals surface area contributed by atoms with Crippen molar-refractivity contribution in [3.63, 3.8) is 0 Å². The molecule has 0 aliphatic carbocycles. The topological polar surface area (TPSA) is 91.2 Å². The Hall–Kier alpha value is -3.85. The van der Waals surface area contributed by atoms with Gasteiger partial charge in [-0.1, -0.05) is 12.1 Å². The summed E-state index contributed by atoms with van der Waals surface area (Å²) in [5.74, 6) is 1.09. The van der Waals surface area contributed by atoms with Gasteiger partial charge in [0.15, 0.2) is 4.96 Å². The third-order valence-electron chi connectivity index (χ3n) is 4.73. The van der Waals surface area contributed by atoms with Crippen LogP contribution in [0.25, 0.3) is 16.2 Å². The van der Waals surface area contributed by atoms with E-state index in [0.717, 1.165) is 0 Å². The number of fused-ring (bicyclic) bond motifs is 1. The Morgan fingerprint density at radius 1 is 1.03 bits per heavy atom. The Kier molecular flexibility index (Phi) is 5.59. The summed E-state index contributed by atoms with van der Waals surface area (Å²) < 4.78 is 17.4. The number of nitrogens with zero attached hydrogens (tertiary/aromatic N) is 2. The van der Waals surface area contributed by atoms with Crippen LogP contribution in [0.4, 0.5) is 5.69 Å². The maximum atomic E-state index is 13.3. The summed E-state index contributed by atoms with van der Waals surface area (Å²) in [5.41, 5.74) is 1.09. The number of hydrogen-bond donors (Lipinski definition) is 1. The number of thiazole rings is 1. The lowest BCUT2D eigenvalue weighted by molar-refractivity contribution is 0.102. The Bertz CT molecular complexity index is 1330. The van der Waals surface area contributed by atoms with Crippen LogP contribution in [0.3, 0.4) is 0 Å². The molecule has 0 aliphatic heterocycles. The quantitative estimate of drug-likeness (QED) is 0.495. The molecule has 2 aromatic carbocycles. The molecular formula is C22H19N3O5S. The molecule has 9 heteroatoms. The zero-order valence-corrected chi connectivity index (χ0v) is 17.9. The molecule has 0 atom stereocenters. The van der Waals surface area contributed by atoms with Gasteiger partial charge in [0.2, 0.25) is 0 Å². The van der Waals surface area contributed by atoms with Crippen LogP contribution < -0.4 is 25.1 Å². The summed E-state index contributed by atoms with van der Waals surface area (Å²) >= 11 is 1.29. The maximum Gasteiger partial charge on any atom is 0.271 e. The van der Waals surface area contributed by atoms with Crippen molar-refractivity contribution < 1.29 is 19.0 Å². The molecule has 0 unspecified atom stereocenters. The average Bonchev–Trinajstić information content (AvgIpc) is 3.24. The van der Waals surface area contributed by atoms with Crippen molar-refractivity contribution in [2.75, 3.05) is 26.6 Å². The molecule has 4 aromatic rings. The van der Waals surface area contributed by atoms with Crippen LogP contribution in [0.2, 0.25) is 0 Å². The van der Waals surface area contributed by atoms with Gasteiger partial charge in [0.1, 0.15) is 22.8 Å². The third-order valence-corrected chi connectivity index (χ3v) is 5.57. The Morgan fingerprint density at radius 3 is 2.55 bits per heavy atom. The van der Waals surface area contributed by atoms with Gasteiger partial charge in [0, 0.05) is 17.1 Å². The van der Waals surface area contributed by atoms with E-state index < -0.39 is 11.5 Å². The smallest absolute Gasteiger partial charge is 0.271 e. The Morgan fingerprint density at radius 2 is 1.81 bits per heavy atom. The van der Waals surface area contributed by atoms with Crippen molar-refractivity contribution in [3.05, 3.63) is 70.0 Å². The number of nitrogens with one attached hydrogen (secondary N) is 1.